The quantitative estimate of drug-likeness (QED) is 0.845. The third-order valence-electron chi connectivity index (χ3n) is 3.60. The van der Waals surface area contributed by atoms with E-state index < -0.39 is 0 Å². The first-order chi connectivity index (χ1) is 10.4. The van der Waals surface area contributed by atoms with Crippen LogP contribution in [0.5, 0.6) is 0 Å². The molecule has 0 fully saturated rings. The molecule has 22 heavy (non-hydrogen) atoms. The zero-order valence-corrected chi connectivity index (χ0v) is 14.0. The van der Waals surface area contributed by atoms with E-state index in [4.69, 9.17) is 0 Å². The van der Waals surface area contributed by atoms with Gasteiger partial charge in [-0.1, -0.05) is 13.0 Å². The van der Waals surface area contributed by atoms with Crippen LogP contribution in [0.4, 0.5) is 16.2 Å². The van der Waals surface area contributed by atoms with E-state index in [0.29, 0.717) is 6.54 Å². The molecular weight excluding hydrogens is 280 g/mol. The molecule has 0 heterocycles. The highest BCUT2D eigenvalue weighted by Gasteiger charge is 2.17. The molecule has 0 unspecified atom stereocenters. The van der Waals surface area contributed by atoms with Gasteiger partial charge in [0.2, 0.25) is 5.91 Å². The Kier molecular flexibility index (Phi) is 6.69. The van der Waals surface area contributed by atoms with Crippen LogP contribution in [0.2, 0.25) is 0 Å². The molecule has 1 rings (SSSR count). The summed E-state index contributed by atoms with van der Waals surface area (Å²) < 4.78 is 0. The largest absolute Gasteiger partial charge is 0.375 e. The maximum atomic E-state index is 12.2. The smallest absolute Gasteiger partial charge is 0.321 e. The number of carbonyl (C=O) groups excluding carboxylic acids is 2. The van der Waals surface area contributed by atoms with Crippen molar-refractivity contribution in [1.29, 1.82) is 0 Å². The lowest BCUT2D eigenvalue weighted by Crippen LogP contribution is -2.39. The van der Waals surface area contributed by atoms with Gasteiger partial charge in [-0.2, -0.15) is 0 Å². The fourth-order valence-electron chi connectivity index (χ4n) is 2.05. The highest BCUT2D eigenvalue weighted by molar-refractivity contribution is 5.90. The Bertz CT molecular complexity index is 519. The van der Waals surface area contributed by atoms with Gasteiger partial charge in [0.15, 0.2) is 0 Å². The number of urea groups is 1. The van der Waals surface area contributed by atoms with Crippen LogP contribution in [-0.4, -0.2) is 51.1 Å². The minimum absolute atomic E-state index is 0.0776. The zero-order valence-electron chi connectivity index (χ0n) is 14.0. The second kappa shape index (κ2) is 8.26. The lowest BCUT2D eigenvalue weighted by Gasteiger charge is -2.22. The van der Waals surface area contributed by atoms with E-state index in [1.165, 1.54) is 4.90 Å². The number of amides is 3. The van der Waals surface area contributed by atoms with Crippen molar-refractivity contribution in [3.05, 3.63) is 24.3 Å². The molecule has 0 saturated carbocycles. The van der Waals surface area contributed by atoms with Crippen molar-refractivity contribution >= 4 is 23.3 Å². The van der Waals surface area contributed by atoms with Crippen molar-refractivity contribution < 1.29 is 9.59 Å². The standard InChI is InChI=1S/C16H26N4O2/c1-6-19(4)14-9-7-8-13(10-14)18-16(22)20(5)11-12(2)15(21)17-3/h7-10,12H,6,11H2,1-5H3,(H,17,21)(H,18,22)/t12-/m0/s1. The second-order valence-electron chi connectivity index (χ2n) is 5.39. The SMILES string of the molecule is CCN(C)c1cccc(NC(=O)N(C)C[C@H](C)C(=O)NC)c1. The van der Waals surface area contributed by atoms with E-state index in [9.17, 15) is 9.59 Å². The maximum Gasteiger partial charge on any atom is 0.321 e. The summed E-state index contributed by atoms with van der Waals surface area (Å²) in [7, 11) is 5.27. The number of nitrogens with zero attached hydrogens (tertiary/aromatic N) is 2. The summed E-state index contributed by atoms with van der Waals surface area (Å²) in [5.74, 6) is -0.329. The molecule has 1 aromatic rings. The number of nitrogens with one attached hydrogen (secondary N) is 2. The third kappa shape index (κ3) is 4.95. The summed E-state index contributed by atoms with van der Waals surface area (Å²) in [6, 6.07) is 7.45. The first kappa shape index (κ1) is 17.8. The Balaban J connectivity index is 2.66. The summed E-state index contributed by atoms with van der Waals surface area (Å²) in [5, 5.41) is 5.43. The molecule has 1 atom stereocenters. The van der Waals surface area contributed by atoms with E-state index in [1.54, 1.807) is 21.0 Å². The van der Waals surface area contributed by atoms with Gasteiger partial charge in [0.1, 0.15) is 0 Å². The molecule has 0 spiro atoms. The van der Waals surface area contributed by atoms with E-state index in [2.05, 4.69) is 22.5 Å². The summed E-state index contributed by atoms with van der Waals surface area (Å²) in [6.07, 6.45) is 0. The van der Waals surface area contributed by atoms with Crippen molar-refractivity contribution in [2.75, 3.05) is 44.4 Å². The Labute approximate surface area is 132 Å². The van der Waals surface area contributed by atoms with Crippen molar-refractivity contribution in [3.8, 4) is 0 Å². The minimum Gasteiger partial charge on any atom is -0.375 e. The molecule has 0 saturated heterocycles. The molecule has 3 amide bonds. The summed E-state index contributed by atoms with van der Waals surface area (Å²) >= 11 is 0. The van der Waals surface area contributed by atoms with Gasteiger partial charge in [-0.25, -0.2) is 4.79 Å². The summed E-state index contributed by atoms with van der Waals surface area (Å²) in [5.41, 5.74) is 1.78. The van der Waals surface area contributed by atoms with E-state index in [-0.39, 0.29) is 17.9 Å². The van der Waals surface area contributed by atoms with Crippen LogP contribution in [0.3, 0.4) is 0 Å². The predicted octanol–water partition coefficient (Wildman–Crippen LogP) is 1.99. The fraction of sp³-hybridized carbons (Fsp3) is 0.500. The van der Waals surface area contributed by atoms with Crippen LogP contribution in [0.15, 0.2) is 24.3 Å². The van der Waals surface area contributed by atoms with Crippen LogP contribution >= 0.6 is 0 Å². The van der Waals surface area contributed by atoms with E-state index >= 15 is 0 Å². The van der Waals surface area contributed by atoms with Crippen LogP contribution in [0.25, 0.3) is 0 Å². The molecule has 6 heteroatoms. The monoisotopic (exact) mass is 306 g/mol. The van der Waals surface area contributed by atoms with Crippen molar-refractivity contribution in [2.24, 2.45) is 5.92 Å². The van der Waals surface area contributed by atoms with Crippen molar-refractivity contribution in [2.45, 2.75) is 13.8 Å². The topological polar surface area (TPSA) is 64.7 Å². The average molecular weight is 306 g/mol. The van der Waals surface area contributed by atoms with Gasteiger partial charge in [-0.05, 0) is 25.1 Å². The van der Waals surface area contributed by atoms with Gasteiger partial charge in [0.05, 0.1) is 5.92 Å². The number of hydrogen-bond donors (Lipinski definition) is 2. The molecule has 6 nitrogen and oxygen atoms in total. The Morgan fingerprint density at radius 1 is 1.27 bits per heavy atom. The van der Waals surface area contributed by atoms with E-state index in [0.717, 1.165) is 17.9 Å². The summed E-state index contributed by atoms with van der Waals surface area (Å²) in [6.45, 7) is 5.11. The Morgan fingerprint density at radius 3 is 2.55 bits per heavy atom. The first-order valence-corrected chi connectivity index (χ1v) is 7.44. The van der Waals surface area contributed by atoms with Crippen molar-refractivity contribution in [3.63, 3.8) is 0 Å². The maximum absolute atomic E-state index is 12.2. The normalized spacial score (nSPS) is 11.5. The molecule has 2 N–H and O–H groups in total. The van der Waals surface area contributed by atoms with E-state index in [1.807, 2.05) is 31.3 Å². The number of rotatable bonds is 6. The van der Waals surface area contributed by atoms with Gasteiger partial charge in [-0.3, -0.25) is 4.79 Å². The molecule has 0 bridgehead atoms. The number of carbonyl (C=O) groups is 2. The molecule has 0 aliphatic heterocycles. The molecular formula is C16H26N4O2. The van der Waals surface area contributed by atoms with Gasteiger partial charge < -0.3 is 20.4 Å². The molecule has 0 aliphatic carbocycles. The minimum atomic E-state index is -0.252. The Hall–Kier alpha value is -2.24. The second-order valence-corrected chi connectivity index (χ2v) is 5.39. The van der Waals surface area contributed by atoms with Crippen LogP contribution < -0.4 is 15.5 Å². The zero-order chi connectivity index (χ0) is 16.7. The molecule has 0 aliphatic rings. The van der Waals surface area contributed by atoms with Crippen molar-refractivity contribution in [1.82, 2.24) is 10.2 Å². The number of hydrogen-bond acceptors (Lipinski definition) is 3. The van der Waals surface area contributed by atoms with Crippen LogP contribution in [-0.2, 0) is 4.79 Å². The van der Waals surface area contributed by atoms with Gasteiger partial charge in [0.25, 0.3) is 0 Å². The highest BCUT2D eigenvalue weighted by Crippen LogP contribution is 2.18. The fourth-order valence-corrected chi connectivity index (χ4v) is 2.05. The van der Waals surface area contributed by atoms with Gasteiger partial charge >= 0.3 is 6.03 Å². The molecule has 0 radical (unpaired) electrons. The number of benzene rings is 1. The van der Waals surface area contributed by atoms with Crippen LogP contribution in [0, 0.1) is 5.92 Å². The molecule has 122 valence electrons. The molecule has 0 aromatic heterocycles. The number of anilines is 2. The highest BCUT2D eigenvalue weighted by atomic mass is 16.2. The lowest BCUT2D eigenvalue weighted by atomic mass is 10.1. The Morgan fingerprint density at radius 2 is 1.95 bits per heavy atom. The first-order valence-electron chi connectivity index (χ1n) is 7.44. The van der Waals surface area contributed by atoms with Gasteiger partial charge in [-0.15, -0.1) is 0 Å². The van der Waals surface area contributed by atoms with Crippen LogP contribution in [0.1, 0.15) is 13.8 Å². The predicted molar refractivity (Wildman–Crippen MR) is 90.3 cm³/mol. The third-order valence-corrected chi connectivity index (χ3v) is 3.60. The average Bonchev–Trinajstić information content (AvgIpc) is 2.53. The lowest BCUT2D eigenvalue weighted by molar-refractivity contribution is -0.124. The summed E-state index contributed by atoms with van der Waals surface area (Å²) in [4.78, 5) is 27.3. The molecule has 1 aromatic carbocycles. The van der Waals surface area contributed by atoms with Gasteiger partial charge in [0, 0.05) is 45.6 Å².